The number of aryl methyl sites for hydroxylation is 2. The summed E-state index contributed by atoms with van der Waals surface area (Å²) in [5, 5.41) is 0. The largest absolute Gasteiger partial charge is 0.143 e. The van der Waals surface area contributed by atoms with Crippen LogP contribution in [0.25, 0.3) is 11.1 Å². The van der Waals surface area contributed by atoms with Gasteiger partial charge in [0.15, 0.2) is 0 Å². The topological polar surface area (TPSA) is 0 Å². The molecule has 78 valence electrons. The van der Waals surface area contributed by atoms with Crippen LogP contribution in [-0.4, -0.2) is 7.85 Å². The van der Waals surface area contributed by atoms with E-state index in [-0.39, 0.29) is 0 Å². The van der Waals surface area contributed by atoms with Crippen LogP contribution in [0.5, 0.6) is 0 Å². The third kappa shape index (κ3) is 2.17. The van der Waals surface area contributed by atoms with Crippen molar-refractivity contribution in [2.75, 3.05) is 0 Å². The fourth-order valence-electron chi connectivity index (χ4n) is 1.83. The van der Waals surface area contributed by atoms with Gasteiger partial charge in [0.2, 0.25) is 0 Å². The quantitative estimate of drug-likeness (QED) is 0.558. The third-order valence-electron chi connectivity index (χ3n) is 2.77. The van der Waals surface area contributed by atoms with Crippen molar-refractivity contribution >= 4 is 25.9 Å². The Hall–Kier alpha value is -1.15. The van der Waals surface area contributed by atoms with E-state index in [1.54, 1.807) is 0 Å². The fourth-order valence-corrected chi connectivity index (χ4v) is 2.03. The summed E-state index contributed by atoms with van der Waals surface area (Å²) in [6.45, 7) is 4.20. The predicted molar refractivity (Wildman–Crippen MR) is 74.0 cm³/mol. The summed E-state index contributed by atoms with van der Waals surface area (Å²) >= 11 is 4.38. The minimum absolute atomic E-state index is 0.796. The van der Waals surface area contributed by atoms with E-state index in [1.807, 2.05) is 18.2 Å². The number of hydrogen-bond donors (Lipinski definition) is 1. The molecule has 0 N–H and O–H groups in total. The lowest BCUT2D eigenvalue weighted by Crippen LogP contribution is -2.02. The van der Waals surface area contributed by atoms with Crippen molar-refractivity contribution in [1.29, 1.82) is 0 Å². The first-order valence-corrected chi connectivity index (χ1v) is 5.69. The van der Waals surface area contributed by atoms with E-state index < -0.39 is 0 Å². The highest BCUT2D eigenvalue weighted by Gasteiger charge is 2.05. The zero-order chi connectivity index (χ0) is 11.7. The lowest BCUT2D eigenvalue weighted by molar-refractivity contribution is 1.36. The first kappa shape index (κ1) is 11.3. The van der Waals surface area contributed by atoms with E-state index in [0.717, 1.165) is 10.4 Å². The normalized spacial score (nSPS) is 10.4. The highest BCUT2D eigenvalue weighted by molar-refractivity contribution is 7.80. The van der Waals surface area contributed by atoms with Crippen LogP contribution in [0.1, 0.15) is 11.1 Å². The van der Waals surface area contributed by atoms with E-state index >= 15 is 0 Å². The molecule has 0 aliphatic carbocycles. The summed E-state index contributed by atoms with van der Waals surface area (Å²) in [4.78, 5) is 0.974. The Morgan fingerprint density at radius 3 is 2.12 bits per heavy atom. The van der Waals surface area contributed by atoms with Gasteiger partial charge in [-0.3, -0.25) is 0 Å². The van der Waals surface area contributed by atoms with Crippen molar-refractivity contribution in [3.05, 3.63) is 47.5 Å². The van der Waals surface area contributed by atoms with Crippen LogP contribution in [0.15, 0.2) is 41.3 Å². The maximum Gasteiger partial charge on any atom is 0.113 e. The van der Waals surface area contributed by atoms with Gasteiger partial charge in [-0.2, -0.15) is 0 Å². The standard InChI is InChI=1S/C14H13BS/c1-9-3-5-11(15)7-13(9)14-8-12(16)6-4-10(14)2/h3-8,16H,1-2H3. The zero-order valence-corrected chi connectivity index (χ0v) is 10.4. The summed E-state index contributed by atoms with van der Waals surface area (Å²) in [5.41, 5.74) is 5.66. The Labute approximate surface area is 104 Å². The van der Waals surface area contributed by atoms with Gasteiger partial charge in [0.1, 0.15) is 7.85 Å². The molecule has 0 aromatic heterocycles. The molecule has 2 radical (unpaired) electrons. The molecule has 0 saturated carbocycles. The second kappa shape index (κ2) is 4.38. The smallest absolute Gasteiger partial charge is 0.113 e. The van der Waals surface area contributed by atoms with Gasteiger partial charge in [0, 0.05) is 4.90 Å². The van der Waals surface area contributed by atoms with E-state index in [1.165, 1.54) is 22.3 Å². The molecule has 0 unspecified atom stereocenters. The highest BCUT2D eigenvalue weighted by Crippen LogP contribution is 2.27. The summed E-state index contributed by atoms with van der Waals surface area (Å²) in [6, 6.07) is 12.2. The molecule has 0 fully saturated rings. The van der Waals surface area contributed by atoms with Crippen LogP contribution < -0.4 is 5.46 Å². The molecule has 2 rings (SSSR count). The van der Waals surface area contributed by atoms with Gasteiger partial charge in [-0.25, -0.2) is 0 Å². The van der Waals surface area contributed by atoms with Crippen LogP contribution in [-0.2, 0) is 0 Å². The van der Waals surface area contributed by atoms with Gasteiger partial charge < -0.3 is 0 Å². The van der Waals surface area contributed by atoms with Crippen molar-refractivity contribution in [2.45, 2.75) is 18.7 Å². The predicted octanol–water partition coefficient (Wildman–Crippen LogP) is 3.05. The maximum absolute atomic E-state index is 5.83. The van der Waals surface area contributed by atoms with Crippen molar-refractivity contribution in [1.82, 2.24) is 0 Å². The van der Waals surface area contributed by atoms with Crippen LogP contribution in [0.3, 0.4) is 0 Å². The Balaban J connectivity index is 2.66. The maximum atomic E-state index is 5.83. The minimum atomic E-state index is 0.796. The minimum Gasteiger partial charge on any atom is -0.143 e. The average Bonchev–Trinajstić information content (AvgIpc) is 2.25. The van der Waals surface area contributed by atoms with Crippen LogP contribution in [0.2, 0.25) is 0 Å². The van der Waals surface area contributed by atoms with E-state index in [9.17, 15) is 0 Å². The molecular formula is C14H13BS. The molecule has 0 saturated heterocycles. The van der Waals surface area contributed by atoms with Crippen molar-refractivity contribution < 1.29 is 0 Å². The Kier molecular flexibility index (Phi) is 3.11. The first-order chi connectivity index (χ1) is 7.58. The van der Waals surface area contributed by atoms with Crippen molar-refractivity contribution in [3.8, 4) is 11.1 Å². The van der Waals surface area contributed by atoms with Crippen LogP contribution in [0.4, 0.5) is 0 Å². The molecule has 0 aliphatic rings. The Morgan fingerprint density at radius 2 is 1.44 bits per heavy atom. The van der Waals surface area contributed by atoms with E-state index in [4.69, 9.17) is 7.85 Å². The number of hydrogen-bond acceptors (Lipinski definition) is 1. The first-order valence-electron chi connectivity index (χ1n) is 5.24. The van der Waals surface area contributed by atoms with Crippen molar-refractivity contribution in [3.63, 3.8) is 0 Å². The van der Waals surface area contributed by atoms with Gasteiger partial charge in [-0.05, 0) is 48.2 Å². The molecule has 0 bridgehead atoms. The zero-order valence-electron chi connectivity index (χ0n) is 9.49. The fraction of sp³-hybridized carbons (Fsp3) is 0.143. The molecule has 0 atom stereocenters. The van der Waals surface area contributed by atoms with E-state index in [0.29, 0.717) is 0 Å². The summed E-state index contributed by atoms with van der Waals surface area (Å²) in [6.07, 6.45) is 0. The molecular weight excluding hydrogens is 211 g/mol. The lowest BCUT2D eigenvalue weighted by atomic mass is 9.88. The summed E-state index contributed by atoms with van der Waals surface area (Å²) < 4.78 is 0. The number of benzene rings is 2. The second-order valence-electron chi connectivity index (χ2n) is 4.07. The number of thiol groups is 1. The molecule has 0 heterocycles. The third-order valence-corrected chi connectivity index (χ3v) is 3.05. The molecule has 0 amide bonds. The van der Waals surface area contributed by atoms with Crippen LogP contribution in [0, 0.1) is 13.8 Å². The summed E-state index contributed by atoms with van der Waals surface area (Å²) in [7, 11) is 5.83. The summed E-state index contributed by atoms with van der Waals surface area (Å²) in [5.74, 6) is 0. The average molecular weight is 224 g/mol. The molecule has 2 heteroatoms. The van der Waals surface area contributed by atoms with Gasteiger partial charge >= 0.3 is 0 Å². The molecule has 0 aliphatic heterocycles. The van der Waals surface area contributed by atoms with Gasteiger partial charge in [-0.1, -0.05) is 29.7 Å². The SMILES string of the molecule is [B]c1ccc(C)c(-c2cc(S)ccc2C)c1. The van der Waals surface area contributed by atoms with Crippen LogP contribution >= 0.6 is 12.6 Å². The molecule has 16 heavy (non-hydrogen) atoms. The molecule has 2 aromatic carbocycles. The van der Waals surface area contributed by atoms with Crippen molar-refractivity contribution in [2.24, 2.45) is 0 Å². The Morgan fingerprint density at radius 1 is 0.875 bits per heavy atom. The monoisotopic (exact) mass is 224 g/mol. The van der Waals surface area contributed by atoms with Gasteiger partial charge in [0.05, 0.1) is 0 Å². The van der Waals surface area contributed by atoms with E-state index in [2.05, 4.69) is 44.7 Å². The second-order valence-corrected chi connectivity index (χ2v) is 4.59. The number of rotatable bonds is 1. The van der Waals surface area contributed by atoms with Gasteiger partial charge in [-0.15, -0.1) is 12.6 Å². The molecule has 0 nitrogen and oxygen atoms in total. The molecule has 2 aromatic rings. The Bertz CT molecular complexity index is 483. The highest BCUT2D eigenvalue weighted by atomic mass is 32.1. The van der Waals surface area contributed by atoms with Gasteiger partial charge in [0.25, 0.3) is 0 Å². The lowest BCUT2D eigenvalue weighted by Gasteiger charge is -2.11. The molecule has 0 spiro atoms.